The predicted molar refractivity (Wildman–Crippen MR) is 120 cm³/mol. The van der Waals surface area contributed by atoms with Gasteiger partial charge < -0.3 is 33.7 Å². The lowest BCUT2D eigenvalue weighted by atomic mass is 10.2. The third kappa shape index (κ3) is 7.64. The number of hydrazone groups is 1. The summed E-state index contributed by atoms with van der Waals surface area (Å²) in [5.74, 6) is 1.51. The van der Waals surface area contributed by atoms with E-state index in [0.717, 1.165) is 12.5 Å². The van der Waals surface area contributed by atoms with E-state index in [1.54, 1.807) is 39.7 Å². The molecule has 0 spiro atoms. The maximum Gasteiger partial charge on any atom is 0.322 e. The van der Waals surface area contributed by atoms with E-state index in [1.165, 1.54) is 7.11 Å². The Balaban J connectivity index is 0.000000890. The molecule has 2 heterocycles. The Morgan fingerprint density at radius 2 is 1.67 bits per heavy atom. The number of nitrogens with zero attached hydrogens (tertiary/aromatic N) is 5. The van der Waals surface area contributed by atoms with Gasteiger partial charge in [0.15, 0.2) is 11.5 Å². The van der Waals surface area contributed by atoms with Crippen molar-refractivity contribution < 1.29 is 33.6 Å². The quantitative estimate of drug-likeness (QED) is 0.428. The standard InChI is InChI=1S/C18H24N6O5.C2H4O2/c1-25-13-9-12(10-14(26-2)15(13)27-3)11-19-23-16-20-17(22-18(21-16)28-4)24-5-7-29-8-6-24;1-2(3)4/h9-11H,5-8H2,1-4H3,(H,20,21,22,23);1H3,(H,3,4)/b19-11+;. The number of carboxylic acid groups (broad SMARTS) is 1. The van der Waals surface area contributed by atoms with Crippen molar-refractivity contribution in [3.8, 4) is 23.3 Å². The molecule has 0 saturated carbocycles. The molecule has 180 valence electrons. The highest BCUT2D eigenvalue weighted by Gasteiger charge is 2.17. The van der Waals surface area contributed by atoms with Crippen LogP contribution in [0.25, 0.3) is 0 Å². The Kier molecular flexibility index (Phi) is 9.89. The highest BCUT2D eigenvalue weighted by Crippen LogP contribution is 2.37. The maximum absolute atomic E-state index is 9.00. The molecule has 1 aromatic heterocycles. The van der Waals surface area contributed by atoms with E-state index in [1.807, 2.05) is 4.90 Å². The fourth-order valence-corrected chi connectivity index (χ4v) is 2.73. The number of rotatable bonds is 8. The first-order valence-electron chi connectivity index (χ1n) is 9.83. The Morgan fingerprint density at radius 3 is 2.18 bits per heavy atom. The van der Waals surface area contributed by atoms with Gasteiger partial charge >= 0.3 is 6.01 Å². The van der Waals surface area contributed by atoms with Gasteiger partial charge in [-0.1, -0.05) is 0 Å². The Labute approximate surface area is 191 Å². The van der Waals surface area contributed by atoms with Gasteiger partial charge in [-0.15, -0.1) is 0 Å². The third-order valence-electron chi connectivity index (χ3n) is 4.14. The lowest BCUT2D eigenvalue weighted by molar-refractivity contribution is -0.134. The second-order valence-corrected chi connectivity index (χ2v) is 6.39. The van der Waals surface area contributed by atoms with Crippen LogP contribution in [-0.2, 0) is 9.53 Å². The summed E-state index contributed by atoms with van der Waals surface area (Å²) in [5.41, 5.74) is 3.54. The maximum atomic E-state index is 9.00. The zero-order valence-electron chi connectivity index (χ0n) is 19.2. The van der Waals surface area contributed by atoms with Crippen molar-refractivity contribution in [2.24, 2.45) is 5.10 Å². The Morgan fingerprint density at radius 1 is 1.06 bits per heavy atom. The minimum Gasteiger partial charge on any atom is -0.493 e. The number of hydrogen-bond acceptors (Lipinski definition) is 12. The summed E-state index contributed by atoms with van der Waals surface area (Å²) >= 11 is 0. The third-order valence-corrected chi connectivity index (χ3v) is 4.14. The molecule has 0 bridgehead atoms. The van der Waals surface area contributed by atoms with E-state index in [0.29, 0.717) is 49.5 Å². The summed E-state index contributed by atoms with van der Waals surface area (Å²) in [4.78, 5) is 23.9. The molecule has 0 atom stereocenters. The second kappa shape index (κ2) is 12.9. The molecule has 2 aromatic rings. The molecule has 0 radical (unpaired) electrons. The van der Waals surface area contributed by atoms with Crippen molar-refractivity contribution in [3.63, 3.8) is 0 Å². The number of anilines is 2. The van der Waals surface area contributed by atoms with Gasteiger partial charge in [0.25, 0.3) is 11.9 Å². The lowest BCUT2D eigenvalue weighted by Crippen LogP contribution is -2.37. The summed E-state index contributed by atoms with van der Waals surface area (Å²) in [7, 11) is 6.17. The molecule has 2 N–H and O–H groups in total. The summed E-state index contributed by atoms with van der Waals surface area (Å²) in [6.07, 6.45) is 1.59. The molecular weight excluding hydrogens is 436 g/mol. The van der Waals surface area contributed by atoms with E-state index in [2.05, 4.69) is 25.5 Å². The van der Waals surface area contributed by atoms with Crippen LogP contribution in [0.15, 0.2) is 17.2 Å². The van der Waals surface area contributed by atoms with Crippen molar-refractivity contribution >= 4 is 24.1 Å². The monoisotopic (exact) mass is 464 g/mol. The van der Waals surface area contributed by atoms with Crippen LogP contribution in [0.4, 0.5) is 11.9 Å². The van der Waals surface area contributed by atoms with Gasteiger partial charge in [-0.05, 0) is 12.1 Å². The molecule has 13 heteroatoms. The van der Waals surface area contributed by atoms with Gasteiger partial charge in [-0.2, -0.15) is 20.1 Å². The van der Waals surface area contributed by atoms with Gasteiger partial charge in [-0.3, -0.25) is 4.79 Å². The lowest BCUT2D eigenvalue weighted by Gasteiger charge is -2.26. The van der Waals surface area contributed by atoms with Crippen LogP contribution in [0.3, 0.4) is 0 Å². The minimum atomic E-state index is -0.833. The molecule has 0 aliphatic carbocycles. The van der Waals surface area contributed by atoms with Gasteiger partial charge in [-0.25, -0.2) is 5.43 Å². The molecule has 13 nitrogen and oxygen atoms in total. The molecule has 1 saturated heterocycles. The van der Waals surface area contributed by atoms with Gasteiger partial charge in [0, 0.05) is 25.6 Å². The van der Waals surface area contributed by atoms with E-state index < -0.39 is 5.97 Å². The largest absolute Gasteiger partial charge is 0.493 e. The van der Waals surface area contributed by atoms with Crippen LogP contribution >= 0.6 is 0 Å². The average Bonchev–Trinajstić information content (AvgIpc) is 2.83. The van der Waals surface area contributed by atoms with Gasteiger partial charge in [0.05, 0.1) is 47.9 Å². The number of carbonyl (C=O) groups is 1. The van der Waals surface area contributed by atoms with Crippen LogP contribution in [0.2, 0.25) is 0 Å². The molecule has 1 aliphatic heterocycles. The van der Waals surface area contributed by atoms with Gasteiger partial charge in [0.2, 0.25) is 11.7 Å². The molecule has 1 aliphatic rings. The van der Waals surface area contributed by atoms with Crippen molar-refractivity contribution in [3.05, 3.63) is 17.7 Å². The van der Waals surface area contributed by atoms with Crippen molar-refractivity contribution in [1.82, 2.24) is 15.0 Å². The smallest absolute Gasteiger partial charge is 0.322 e. The van der Waals surface area contributed by atoms with Crippen molar-refractivity contribution in [2.75, 3.05) is 65.1 Å². The van der Waals surface area contributed by atoms with Crippen LogP contribution < -0.4 is 29.3 Å². The highest BCUT2D eigenvalue weighted by molar-refractivity contribution is 5.82. The fraction of sp³-hybridized carbons (Fsp3) is 0.450. The molecule has 3 rings (SSSR count). The Hall–Kier alpha value is -3.87. The summed E-state index contributed by atoms with van der Waals surface area (Å²) in [5, 5.41) is 11.6. The Bertz CT molecular complexity index is 921. The first-order valence-corrected chi connectivity index (χ1v) is 9.83. The molecule has 33 heavy (non-hydrogen) atoms. The first kappa shape index (κ1) is 25.4. The number of methoxy groups -OCH3 is 4. The second-order valence-electron chi connectivity index (χ2n) is 6.39. The summed E-state index contributed by atoms with van der Waals surface area (Å²) in [6.45, 7) is 3.72. The van der Waals surface area contributed by atoms with E-state index in [4.69, 9.17) is 33.6 Å². The van der Waals surface area contributed by atoms with Crippen LogP contribution in [0, 0.1) is 0 Å². The first-order chi connectivity index (χ1) is 15.9. The van der Waals surface area contributed by atoms with Gasteiger partial charge in [0.1, 0.15) is 0 Å². The van der Waals surface area contributed by atoms with Crippen LogP contribution in [0.5, 0.6) is 23.3 Å². The van der Waals surface area contributed by atoms with Crippen LogP contribution in [0.1, 0.15) is 12.5 Å². The van der Waals surface area contributed by atoms with E-state index in [-0.39, 0.29) is 12.0 Å². The molecule has 0 unspecified atom stereocenters. The topological polar surface area (TPSA) is 150 Å². The molecular formula is C20H28N6O7. The number of carboxylic acids is 1. The summed E-state index contributed by atoms with van der Waals surface area (Å²) < 4.78 is 26.6. The SMILES string of the molecule is CC(=O)O.COc1nc(N/N=C/c2cc(OC)c(OC)c(OC)c2)nc(N2CCOCC2)n1. The number of hydrogen-bond donors (Lipinski definition) is 2. The minimum absolute atomic E-state index is 0.201. The average molecular weight is 464 g/mol. The number of morpholine rings is 1. The highest BCUT2D eigenvalue weighted by atomic mass is 16.5. The molecule has 0 amide bonds. The number of aliphatic carboxylic acids is 1. The van der Waals surface area contributed by atoms with Crippen molar-refractivity contribution in [2.45, 2.75) is 6.92 Å². The fourth-order valence-electron chi connectivity index (χ4n) is 2.73. The number of aromatic nitrogens is 3. The zero-order chi connectivity index (χ0) is 24.2. The zero-order valence-corrected chi connectivity index (χ0v) is 19.2. The number of nitrogens with one attached hydrogen (secondary N) is 1. The predicted octanol–water partition coefficient (Wildman–Crippen LogP) is 1.28. The van der Waals surface area contributed by atoms with E-state index >= 15 is 0 Å². The number of ether oxygens (including phenoxy) is 5. The normalized spacial score (nSPS) is 13.1. The summed E-state index contributed by atoms with van der Waals surface area (Å²) in [6, 6.07) is 3.76. The number of benzene rings is 1. The molecule has 1 aromatic carbocycles. The van der Waals surface area contributed by atoms with Crippen molar-refractivity contribution in [1.29, 1.82) is 0 Å². The molecule has 1 fully saturated rings. The van der Waals surface area contributed by atoms with E-state index in [9.17, 15) is 0 Å². The van der Waals surface area contributed by atoms with Crippen LogP contribution in [-0.4, -0.2) is 87.0 Å².